The minimum Gasteiger partial charge on any atom is -0.490 e. The van der Waals surface area contributed by atoms with Gasteiger partial charge in [0, 0.05) is 45.1 Å². The summed E-state index contributed by atoms with van der Waals surface area (Å²) in [5.74, 6) is -0.138. The van der Waals surface area contributed by atoms with Gasteiger partial charge in [-0.25, -0.2) is 4.79 Å². The number of para-hydroxylation sites is 1. The molecule has 0 radical (unpaired) electrons. The zero-order chi connectivity index (χ0) is 25.1. The van der Waals surface area contributed by atoms with Crippen molar-refractivity contribution in [2.75, 3.05) is 13.2 Å². The molecule has 0 saturated heterocycles. The number of ether oxygens (including phenoxy) is 2. The summed E-state index contributed by atoms with van der Waals surface area (Å²) in [5, 5.41) is 5.97. The van der Waals surface area contributed by atoms with Crippen LogP contribution in [0.25, 0.3) is 0 Å². The van der Waals surface area contributed by atoms with E-state index in [0.717, 1.165) is 11.3 Å². The minimum atomic E-state index is -0.542. The average Bonchev–Trinajstić information content (AvgIpc) is 3.41. The number of hydrogen-bond acceptors (Lipinski definition) is 6. The summed E-state index contributed by atoms with van der Waals surface area (Å²) in [6, 6.07) is 20.8. The molecule has 3 aromatic rings. The Labute approximate surface area is 219 Å². The standard InChI is InChI=1S/C29H26ClNO4S/c1-18-26(29(33)35-13-12-34-22-9-3-2-4-10-22)27(19-7-5-8-21(30)15-19)28-23(31-18)16-20(17-24(28)32)25-11-6-14-36-25/h2-11,14-15,20,27,31H,12-13,16-17H2,1H3/t20-,27-/m0/s1. The first-order valence-corrected chi connectivity index (χ1v) is 13.1. The molecule has 0 amide bonds. The van der Waals surface area contributed by atoms with E-state index >= 15 is 0 Å². The molecule has 0 saturated carbocycles. The fourth-order valence-corrected chi connectivity index (χ4v) is 5.97. The highest BCUT2D eigenvalue weighted by Gasteiger charge is 2.41. The summed E-state index contributed by atoms with van der Waals surface area (Å²) < 4.78 is 11.3. The fourth-order valence-electron chi connectivity index (χ4n) is 4.94. The molecule has 0 spiro atoms. The number of thiophene rings is 1. The Kier molecular flexibility index (Phi) is 7.25. The number of halogens is 1. The highest BCUT2D eigenvalue weighted by atomic mass is 35.5. The molecule has 0 fully saturated rings. The van der Waals surface area contributed by atoms with Crippen LogP contribution in [-0.2, 0) is 14.3 Å². The summed E-state index contributed by atoms with van der Waals surface area (Å²) in [4.78, 5) is 28.1. The molecule has 2 aromatic carbocycles. The second kappa shape index (κ2) is 10.7. The van der Waals surface area contributed by atoms with Crippen molar-refractivity contribution in [3.8, 4) is 5.75 Å². The van der Waals surface area contributed by atoms with Gasteiger partial charge in [-0.1, -0.05) is 48.0 Å². The van der Waals surface area contributed by atoms with Crippen LogP contribution in [0.15, 0.2) is 94.7 Å². The molecule has 2 aliphatic rings. The number of Topliss-reactive ketones (excluding diaryl/α,β-unsaturated/α-hetero) is 1. The first-order valence-electron chi connectivity index (χ1n) is 11.9. The monoisotopic (exact) mass is 519 g/mol. The van der Waals surface area contributed by atoms with Gasteiger partial charge in [0.05, 0.1) is 5.57 Å². The van der Waals surface area contributed by atoms with Crippen LogP contribution in [0.5, 0.6) is 5.75 Å². The average molecular weight is 520 g/mol. The Morgan fingerprint density at radius 2 is 1.89 bits per heavy atom. The summed E-state index contributed by atoms with van der Waals surface area (Å²) >= 11 is 7.99. The molecule has 0 unspecified atom stereocenters. The number of carbonyl (C=O) groups excluding carboxylic acids is 2. The Hall–Kier alpha value is -3.35. The molecule has 5 rings (SSSR count). The number of carbonyl (C=O) groups is 2. The quantitative estimate of drug-likeness (QED) is 0.289. The number of benzene rings is 2. The van der Waals surface area contributed by atoms with E-state index < -0.39 is 11.9 Å². The number of hydrogen-bond donors (Lipinski definition) is 1. The van der Waals surface area contributed by atoms with Gasteiger partial charge in [-0.05, 0) is 54.6 Å². The number of rotatable bonds is 7. The highest BCUT2D eigenvalue weighted by molar-refractivity contribution is 7.10. The summed E-state index contributed by atoms with van der Waals surface area (Å²) in [6.07, 6.45) is 1.12. The second-order valence-electron chi connectivity index (χ2n) is 8.89. The smallest absolute Gasteiger partial charge is 0.336 e. The van der Waals surface area contributed by atoms with E-state index in [1.54, 1.807) is 17.4 Å². The van der Waals surface area contributed by atoms with Crippen LogP contribution in [0.4, 0.5) is 0 Å². The van der Waals surface area contributed by atoms with Crippen molar-refractivity contribution in [3.05, 3.63) is 110 Å². The maximum absolute atomic E-state index is 13.6. The maximum Gasteiger partial charge on any atom is 0.336 e. The van der Waals surface area contributed by atoms with Crippen LogP contribution >= 0.6 is 22.9 Å². The predicted octanol–water partition coefficient (Wildman–Crippen LogP) is 6.39. The lowest BCUT2D eigenvalue weighted by molar-refractivity contribution is -0.140. The van der Waals surface area contributed by atoms with E-state index in [0.29, 0.717) is 40.5 Å². The predicted molar refractivity (Wildman–Crippen MR) is 141 cm³/mol. The molecule has 0 bridgehead atoms. The molecule has 2 atom stereocenters. The Bertz CT molecular complexity index is 1330. The van der Waals surface area contributed by atoms with Gasteiger partial charge >= 0.3 is 5.97 Å². The summed E-state index contributed by atoms with van der Waals surface area (Å²) in [5.41, 5.74) is 3.41. The third-order valence-electron chi connectivity index (χ3n) is 6.50. The highest BCUT2D eigenvalue weighted by Crippen LogP contribution is 2.46. The molecule has 1 aromatic heterocycles. The van der Waals surface area contributed by atoms with E-state index in [4.69, 9.17) is 21.1 Å². The first kappa shape index (κ1) is 24.3. The van der Waals surface area contributed by atoms with Crippen molar-refractivity contribution in [2.45, 2.75) is 31.6 Å². The van der Waals surface area contributed by atoms with Crippen molar-refractivity contribution in [3.63, 3.8) is 0 Å². The first-order chi connectivity index (χ1) is 17.5. The largest absolute Gasteiger partial charge is 0.490 e. The Morgan fingerprint density at radius 1 is 1.06 bits per heavy atom. The van der Waals surface area contributed by atoms with Crippen molar-refractivity contribution in [2.24, 2.45) is 0 Å². The van der Waals surface area contributed by atoms with Gasteiger partial charge < -0.3 is 14.8 Å². The van der Waals surface area contributed by atoms with Gasteiger partial charge in [0.2, 0.25) is 0 Å². The SMILES string of the molecule is CC1=C(C(=O)OCCOc2ccccc2)[C@H](c2cccc(Cl)c2)C2=C(C[C@H](c3cccs3)CC2=O)N1. The Balaban J connectivity index is 1.41. The van der Waals surface area contributed by atoms with Gasteiger partial charge in [0.1, 0.15) is 19.0 Å². The van der Waals surface area contributed by atoms with Crippen LogP contribution in [0.3, 0.4) is 0 Å². The molecule has 7 heteroatoms. The lowest BCUT2D eigenvalue weighted by atomic mass is 9.72. The van der Waals surface area contributed by atoms with Gasteiger partial charge in [0.25, 0.3) is 0 Å². The van der Waals surface area contributed by atoms with Gasteiger partial charge in [-0.2, -0.15) is 0 Å². The van der Waals surface area contributed by atoms with Crippen molar-refractivity contribution < 1.29 is 19.1 Å². The maximum atomic E-state index is 13.6. The molecule has 1 aliphatic carbocycles. The van der Waals surface area contributed by atoms with Crippen molar-refractivity contribution in [1.29, 1.82) is 0 Å². The van der Waals surface area contributed by atoms with Crippen LogP contribution in [0.2, 0.25) is 5.02 Å². The molecule has 1 N–H and O–H groups in total. The van der Waals surface area contributed by atoms with Crippen molar-refractivity contribution >= 4 is 34.7 Å². The van der Waals surface area contributed by atoms with Crippen molar-refractivity contribution in [1.82, 2.24) is 5.32 Å². The number of dihydropyridines is 1. The zero-order valence-corrected chi connectivity index (χ0v) is 21.4. The zero-order valence-electron chi connectivity index (χ0n) is 19.8. The number of ketones is 1. The lowest BCUT2D eigenvalue weighted by Crippen LogP contribution is -2.36. The second-order valence-corrected chi connectivity index (χ2v) is 10.3. The van der Waals surface area contributed by atoms with Crippen LogP contribution < -0.4 is 10.1 Å². The molecular weight excluding hydrogens is 494 g/mol. The van der Waals surface area contributed by atoms with Crippen LogP contribution in [0.1, 0.15) is 42.0 Å². The lowest BCUT2D eigenvalue weighted by Gasteiger charge is -2.36. The molecule has 5 nitrogen and oxygen atoms in total. The van der Waals surface area contributed by atoms with E-state index in [-0.39, 0.29) is 24.9 Å². The third kappa shape index (κ3) is 5.11. The molecule has 184 valence electrons. The molecule has 1 aliphatic heterocycles. The number of esters is 1. The molecule has 2 heterocycles. The van der Waals surface area contributed by atoms with Gasteiger partial charge in [-0.15, -0.1) is 11.3 Å². The summed E-state index contributed by atoms with van der Waals surface area (Å²) in [7, 11) is 0. The minimum absolute atomic E-state index is 0.0392. The normalized spacial score (nSPS) is 19.6. The summed E-state index contributed by atoms with van der Waals surface area (Å²) in [6.45, 7) is 2.18. The molecule has 36 heavy (non-hydrogen) atoms. The molecular formula is C29H26ClNO4S. The fraction of sp³-hybridized carbons (Fsp3) is 0.241. The van der Waals surface area contributed by atoms with Gasteiger partial charge in [0.15, 0.2) is 5.78 Å². The van der Waals surface area contributed by atoms with Crippen LogP contribution in [-0.4, -0.2) is 25.0 Å². The number of allylic oxidation sites excluding steroid dienone is 3. The van der Waals surface area contributed by atoms with E-state index in [2.05, 4.69) is 11.4 Å². The topological polar surface area (TPSA) is 64.6 Å². The van der Waals surface area contributed by atoms with E-state index in [1.165, 1.54) is 4.88 Å². The van der Waals surface area contributed by atoms with E-state index in [9.17, 15) is 9.59 Å². The van der Waals surface area contributed by atoms with Gasteiger partial charge in [-0.3, -0.25) is 4.79 Å². The number of nitrogens with one attached hydrogen (secondary N) is 1. The third-order valence-corrected chi connectivity index (χ3v) is 7.77. The van der Waals surface area contributed by atoms with Crippen LogP contribution in [0, 0.1) is 0 Å². The Morgan fingerprint density at radius 3 is 2.64 bits per heavy atom. The van der Waals surface area contributed by atoms with E-state index in [1.807, 2.05) is 66.9 Å².